The fourth-order valence-electron chi connectivity index (χ4n) is 2.38. The Balaban J connectivity index is 2.26. The van der Waals surface area contributed by atoms with Crippen LogP contribution >= 0.6 is 27.5 Å². The van der Waals surface area contributed by atoms with E-state index in [0.29, 0.717) is 17.3 Å². The number of primary sulfonamides is 1. The second-order valence-corrected chi connectivity index (χ2v) is 7.88. The first-order valence-electron chi connectivity index (χ1n) is 5.94. The number of nitrogens with two attached hydrogens (primary N) is 1. The monoisotopic (exact) mass is 380 g/mol. The molecule has 8 heteroatoms. The van der Waals surface area contributed by atoms with Crippen molar-refractivity contribution in [3.63, 3.8) is 0 Å². The van der Waals surface area contributed by atoms with E-state index >= 15 is 0 Å². The van der Waals surface area contributed by atoms with Crippen LogP contribution in [0.1, 0.15) is 12.0 Å². The number of hydrogen-bond acceptors (Lipinski definition) is 3. The fourth-order valence-corrected chi connectivity index (χ4v) is 3.88. The van der Waals surface area contributed by atoms with E-state index in [4.69, 9.17) is 16.7 Å². The van der Waals surface area contributed by atoms with Gasteiger partial charge in [0.1, 0.15) is 0 Å². The van der Waals surface area contributed by atoms with Crippen molar-refractivity contribution in [1.29, 1.82) is 0 Å². The van der Waals surface area contributed by atoms with E-state index in [1.807, 2.05) is 13.0 Å². The number of benzene rings is 1. The van der Waals surface area contributed by atoms with Crippen molar-refractivity contribution >= 4 is 49.1 Å². The van der Waals surface area contributed by atoms with Crippen molar-refractivity contribution in [3.05, 3.63) is 27.2 Å². The first kappa shape index (κ1) is 15.8. The Labute approximate surface area is 131 Å². The number of hydrogen-bond donors (Lipinski definition) is 1. The van der Waals surface area contributed by atoms with Crippen LogP contribution in [-0.4, -0.2) is 26.6 Å². The van der Waals surface area contributed by atoms with Gasteiger partial charge in [0, 0.05) is 29.0 Å². The van der Waals surface area contributed by atoms with Gasteiger partial charge in [-0.05, 0) is 40.5 Å². The summed E-state index contributed by atoms with van der Waals surface area (Å²) in [6.07, 6.45) is 0.184. The Morgan fingerprint density at radius 2 is 2.15 bits per heavy atom. The van der Waals surface area contributed by atoms with E-state index in [1.54, 1.807) is 11.0 Å². The Morgan fingerprint density at radius 3 is 2.75 bits per heavy atom. The molecule has 110 valence electrons. The average molecular weight is 382 g/mol. The number of halogens is 2. The summed E-state index contributed by atoms with van der Waals surface area (Å²) >= 11 is 9.38. The summed E-state index contributed by atoms with van der Waals surface area (Å²) in [7, 11) is -3.57. The number of nitrogens with zero attached hydrogens (tertiary/aromatic N) is 1. The van der Waals surface area contributed by atoms with Crippen LogP contribution in [0.25, 0.3) is 0 Å². The van der Waals surface area contributed by atoms with Crippen molar-refractivity contribution in [2.75, 3.05) is 17.2 Å². The number of carbonyl (C=O) groups excluding carboxylic acids is 1. The molecule has 2 rings (SSSR count). The maximum absolute atomic E-state index is 12.1. The standard InChI is InChI=1S/C12H14BrClN2O3S/c1-7-2-9(13)10(14)4-11(7)16-5-8(3-12(16)17)6-20(15,18)19/h2,4,8H,3,5-6H2,1H3,(H2,15,18,19). The van der Waals surface area contributed by atoms with Gasteiger partial charge in [-0.3, -0.25) is 4.79 Å². The summed E-state index contributed by atoms with van der Waals surface area (Å²) in [4.78, 5) is 13.6. The quantitative estimate of drug-likeness (QED) is 0.870. The predicted molar refractivity (Wildman–Crippen MR) is 82.3 cm³/mol. The van der Waals surface area contributed by atoms with Gasteiger partial charge < -0.3 is 4.90 Å². The molecule has 1 saturated heterocycles. The third-order valence-electron chi connectivity index (χ3n) is 3.20. The molecule has 1 heterocycles. The van der Waals surface area contributed by atoms with Gasteiger partial charge in [-0.15, -0.1) is 0 Å². The van der Waals surface area contributed by atoms with Gasteiger partial charge in [0.05, 0.1) is 10.8 Å². The van der Waals surface area contributed by atoms with Crippen LogP contribution in [0.2, 0.25) is 5.02 Å². The minimum atomic E-state index is -3.57. The molecule has 1 fully saturated rings. The van der Waals surface area contributed by atoms with Crippen molar-refractivity contribution in [2.24, 2.45) is 11.1 Å². The highest BCUT2D eigenvalue weighted by molar-refractivity contribution is 9.10. The molecule has 0 aromatic heterocycles. The highest BCUT2D eigenvalue weighted by Crippen LogP contribution is 2.34. The molecule has 0 aliphatic carbocycles. The molecule has 1 aliphatic heterocycles. The minimum Gasteiger partial charge on any atom is -0.312 e. The molecule has 20 heavy (non-hydrogen) atoms. The number of amides is 1. The van der Waals surface area contributed by atoms with E-state index in [0.717, 1.165) is 10.0 Å². The zero-order valence-corrected chi connectivity index (χ0v) is 13.9. The van der Waals surface area contributed by atoms with Gasteiger partial charge >= 0.3 is 0 Å². The lowest BCUT2D eigenvalue weighted by Gasteiger charge is -2.20. The molecule has 0 spiro atoms. The summed E-state index contributed by atoms with van der Waals surface area (Å²) < 4.78 is 23.0. The van der Waals surface area contributed by atoms with E-state index in [1.165, 1.54) is 0 Å². The summed E-state index contributed by atoms with van der Waals surface area (Å²) in [6, 6.07) is 3.54. The van der Waals surface area contributed by atoms with E-state index in [-0.39, 0.29) is 24.0 Å². The zero-order chi connectivity index (χ0) is 15.1. The molecule has 1 amide bonds. The van der Waals surface area contributed by atoms with Crippen LogP contribution in [0.5, 0.6) is 0 Å². The average Bonchev–Trinajstić information content (AvgIpc) is 2.62. The van der Waals surface area contributed by atoms with Crippen LogP contribution in [0.15, 0.2) is 16.6 Å². The molecule has 2 N–H and O–H groups in total. The lowest BCUT2D eigenvalue weighted by molar-refractivity contribution is -0.117. The molecule has 1 aromatic rings. The van der Waals surface area contributed by atoms with Crippen molar-refractivity contribution in [2.45, 2.75) is 13.3 Å². The van der Waals surface area contributed by atoms with Crippen molar-refractivity contribution < 1.29 is 13.2 Å². The largest absolute Gasteiger partial charge is 0.312 e. The number of anilines is 1. The first-order valence-corrected chi connectivity index (χ1v) is 8.82. The van der Waals surface area contributed by atoms with Gasteiger partial charge in [-0.2, -0.15) is 0 Å². The second kappa shape index (κ2) is 5.63. The molecule has 0 bridgehead atoms. The molecule has 5 nitrogen and oxygen atoms in total. The van der Waals surface area contributed by atoms with Crippen molar-refractivity contribution in [1.82, 2.24) is 0 Å². The highest BCUT2D eigenvalue weighted by Gasteiger charge is 2.33. The summed E-state index contributed by atoms with van der Waals surface area (Å²) in [5, 5.41) is 5.54. The van der Waals surface area contributed by atoms with E-state index in [2.05, 4.69) is 15.9 Å². The number of rotatable bonds is 3. The lowest BCUT2D eigenvalue weighted by atomic mass is 10.1. The topological polar surface area (TPSA) is 80.5 Å². The van der Waals surface area contributed by atoms with E-state index < -0.39 is 10.0 Å². The third kappa shape index (κ3) is 3.52. The number of carbonyl (C=O) groups is 1. The molecule has 1 unspecified atom stereocenters. The molecule has 1 aromatic carbocycles. The highest BCUT2D eigenvalue weighted by atomic mass is 79.9. The Morgan fingerprint density at radius 1 is 1.50 bits per heavy atom. The molecule has 0 saturated carbocycles. The van der Waals surface area contributed by atoms with Gasteiger partial charge in [0.15, 0.2) is 0 Å². The SMILES string of the molecule is Cc1cc(Br)c(Cl)cc1N1CC(CS(N)(=O)=O)CC1=O. The maximum Gasteiger partial charge on any atom is 0.227 e. The molecule has 1 aliphatic rings. The second-order valence-electron chi connectivity index (χ2n) is 4.96. The molecule has 0 radical (unpaired) electrons. The summed E-state index contributed by atoms with van der Waals surface area (Å²) in [5.74, 6) is -0.571. The smallest absolute Gasteiger partial charge is 0.227 e. The normalized spacial score (nSPS) is 19.7. The fraction of sp³-hybridized carbons (Fsp3) is 0.417. The van der Waals surface area contributed by atoms with E-state index in [9.17, 15) is 13.2 Å². The first-order chi connectivity index (χ1) is 9.17. The van der Waals surface area contributed by atoms with Gasteiger partial charge in [0.25, 0.3) is 0 Å². The number of sulfonamides is 1. The van der Waals surface area contributed by atoms with Crippen LogP contribution < -0.4 is 10.0 Å². The summed E-state index contributed by atoms with van der Waals surface area (Å²) in [5.41, 5.74) is 1.60. The Bertz CT molecular complexity index is 663. The zero-order valence-electron chi connectivity index (χ0n) is 10.8. The van der Waals surface area contributed by atoms with Crippen molar-refractivity contribution in [3.8, 4) is 0 Å². The lowest BCUT2D eigenvalue weighted by Crippen LogP contribution is -2.28. The van der Waals surface area contributed by atoms with Gasteiger partial charge in [0.2, 0.25) is 15.9 Å². The van der Waals surface area contributed by atoms with Crippen LogP contribution in [0.3, 0.4) is 0 Å². The molecule has 1 atom stereocenters. The Kier molecular flexibility index (Phi) is 4.44. The van der Waals surface area contributed by atoms with Crippen LogP contribution in [0, 0.1) is 12.8 Å². The van der Waals surface area contributed by atoms with Crippen LogP contribution in [0.4, 0.5) is 5.69 Å². The predicted octanol–water partition coefficient (Wildman–Crippen LogP) is 2.05. The third-order valence-corrected chi connectivity index (χ3v) is 5.34. The number of aryl methyl sites for hydroxylation is 1. The minimum absolute atomic E-state index is 0.111. The summed E-state index contributed by atoms with van der Waals surface area (Å²) in [6.45, 7) is 2.21. The Hall–Kier alpha value is -0.630. The van der Waals surface area contributed by atoms with Crippen LogP contribution in [-0.2, 0) is 14.8 Å². The maximum atomic E-state index is 12.1. The molecular formula is C12H14BrClN2O3S. The van der Waals surface area contributed by atoms with Gasteiger partial charge in [-0.1, -0.05) is 11.6 Å². The molecular weight excluding hydrogens is 368 g/mol. The van der Waals surface area contributed by atoms with Gasteiger partial charge in [-0.25, -0.2) is 13.6 Å².